The second kappa shape index (κ2) is 6.71. The number of hydrogen-bond donors (Lipinski definition) is 2. The number of aromatic nitrogens is 4. The molecule has 2 aromatic heterocycles. The van der Waals surface area contributed by atoms with Crippen LogP contribution in [-0.4, -0.2) is 38.2 Å². The highest BCUT2D eigenvalue weighted by Gasteiger charge is 2.13. The summed E-state index contributed by atoms with van der Waals surface area (Å²) in [7, 11) is 0. The highest BCUT2D eigenvalue weighted by molar-refractivity contribution is 7.80. The van der Waals surface area contributed by atoms with E-state index in [4.69, 9.17) is 0 Å². The average molecular weight is 331 g/mol. The third kappa shape index (κ3) is 3.18. The van der Waals surface area contributed by atoms with Gasteiger partial charge in [0.05, 0.1) is 11.9 Å². The Kier molecular flexibility index (Phi) is 4.50. The van der Waals surface area contributed by atoms with Gasteiger partial charge in [-0.25, -0.2) is 4.98 Å². The largest absolute Gasteiger partial charge is 0.350 e. The molecule has 0 radical (unpaired) electrons. The van der Waals surface area contributed by atoms with Crippen LogP contribution in [0, 0.1) is 0 Å². The minimum Gasteiger partial charge on any atom is -0.350 e. The minimum absolute atomic E-state index is 0.202. The number of thiazole rings is 1. The lowest BCUT2D eigenvalue weighted by Crippen LogP contribution is -2.25. The number of nitrogens with zero attached hydrogens (tertiary/aromatic N) is 4. The maximum absolute atomic E-state index is 11.8. The summed E-state index contributed by atoms with van der Waals surface area (Å²) in [5.74, 6) is 0.390. The van der Waals surface area contributed by atoms with Gasteiger partial charge in [0.2, 0.25) is 0 Å². The number of para-hydroxylation sites is 1. The lowest BCUT2D eigenvalue weighted by Gasteiger charge is -1.98. The fourth-order valence-electron chi connectivity index (χ4n) is 1.80. The van der Waals surface area contributed by atoms with Crippen molar-refractivity contribution < 1.29 is 4.79 Å². The number of thiol groups is 1. The van der Waals surface area contributed by atoms with Crippen LogP contribution in [0.25, 0.3) is 16.4 Å². The fraction of sp³-hybridized carbons (Fsp3) is 0.143. The molecule has 0 aliphatic rings. The molecule has 0 bridgehead atoms. The van der Waals surface area contributed by atoms with Crippen LogP contribution in [-0.2, 0) is 0 Å². The Morgan fingerprint density at radius 3 is 2.91 bits per heavy atom. The van der Waals surface area contributed by atoms with Crippen LogP contribution in [0.5, 0.6) is 0 Å². The standard InChI is InChI=1S/C14H13N5OS2/c20-13(15-6-7-21)12-9-22-14(17-12)11-8-16-19(18-11)10-4-2-1-3-5-10/h1-5,8-9,21H,6-7H2,(H,15,20). The zero-order valence-corrected chi connectivity index (χ0v) is 13.2. The predicted molar refractivity (Wildman–Crippen MR) is 88.7 cm³/mol. The zero-order valence-electron chi connectivity index (χ0n) is 11.5. The SMILES string of the molecule is O=C(NCCS)c1csc(-c2cnn(-c3ccccc3)n2)n1. The molecule has 0 atom stereocenters. The summed E-state index contributed by atoms with van der Waals surface area (Å²) in [6.07, 6.45) is 1.64. The van der Waals surface area contributed by atoms with Crippen LogP contribution in [0.3, 0.4) is 0 Å². The molecule has 22 heavy (non-hydrogen) atoms. The Morgan fingerprint density at radius 2 is 2.14 bits per heavy atom. The van der Waals surface area contributed by atoms with Gasteiger partial charge in [0.15, 0.2) is 0 Å². The first-order valence-corrected chi connectivity index (χ1v) is 8.12. The predicted octanol–water partition coefficient (Wildman–Crippen LogP) is 2.05. The molecule has 2 heterocycles. The molecular formula is C14H13N5OS2. The molecule has 6 nitrogen and oxygen atoms in total. The minimum atomic E-state index is -0.202. The van der Waals surface area contributed by atoms with Crippen LogP contribution in [0.4, 0.5) is 0 Å². The van der Waals surface area contributed by atoms with Gasteiger partial charge in [-0.05, 0) is 12.1 Å². The van der Waals surface area contributed by atoms with Crippen molar-refractivity contribution in [2.75, 3.05) is 12.3 Å². The lowest BCUT2D eigenvalue weighted by atomic mass is 10.3. The monoisotopic (exact) mass is 331 g/mol. The summed E-state index contributed by atoms with van der Waals surface area (Å²) >= 11 is 5.42. The van der Waals surface area contributed by atoms with Crippen molar-refractivity contribution in [1.82, 2.24) is 25.3 Å². The van der Waals surface area contributed by atoms with E-state index in [0.717, 1.165) is 5.69 Å². The van der Waals surface area contributed by atoms with E-state index < -0.39 is 0 Å². The molecule has 3 aromatic rings. The van der Waals surface area contributed by atoms with E-state index in [1.807, 2.05) is 30.3 Å². The Labute approximate surface area is 136 Å². The molecule has 0 spiro atoms. The fourth-order valence-corrected chi connectivity index (χ4v) is 2.66. The van der Waals surface area contributed by atoms with Gasteiger partial charge in [0, 0.05) is 17.7 Å². The summed E-state index contributed by atoms with van der Waals surface area (Å²) < 4.78 is 0. The smallest absolute Gasteiger partial charge is 0.270 e. The van der Waals surface area contributed by atoms with E-state index in [0.29, 0.717) is 28.7 Å². The Morgan fingerprint density at radius 1 is 1.32 bits per heavy atom. The molecule has 0 saturated heterocycles. The van der Waals surface area contributed by atoms with Gasteiger partial charge in [-0.2, -0.15) is 22.5 Å². The van der Waals surface area contributed by atoms with Crippen molar-refractivity contribution >= 4 is 29.9 Å². The molecule has 0 aliphatic carbocycles. The number of carbonyl (C=O) groups is 1. The van der Waals surface area contributed by atoms with E-state index in [2.05, 4.69) is 33.1 Å². The van der Waals surface area contributed by atoms with E-state index >= 15 is 0 Å². The lowest BCUT2D eigenvalue weighted by molar-refractivity contribution is 0.0952. The van der Waals surface area contributed by atoms with Gasteiger partial charge in [-0.3, -0.25) is 4.79 Å². The van der Waals surface area contributed by atoms with Crippen molar-refractivity contribution in [1.29, 1.82) is 0 Å². The first kappa shape index (κ1) is 14.7. The third-order valence-corrected chi connectivity index (χ3v) is 3.92. The summed E-state index contributed by atoms with van der Waals surface area (Å²) in [6, 6.07) is 9.62. The van der Waals surface area contributed by atoms with Gasteiger partial charge < -0.3 is 5.32 Å². The van der Waals surface area contributed by atoms with Crippen LogP contribution in [0.15, 0.2) is 41.9 Å². The molecule has 8 heteroatoms. The second-order valence-electron chi connectivity index (χ2n) is 4.37. The molecule has 0 saturated carbocycles. The highest BCUT2D eigenvalue weighted by atomic mass is 32.1. The quantitative estimate of drug-likeness (QED) is 0.702. The van der Waals surface area contributed by atoms with Gasteiger partial charge in [-0.1, -0.05) is 18.2 Å². The number of amides is 1. The van der Waals surface area contributed by atoms with E-state index in [-0.39, 0.29) is 5.91 Å². The Balaban J connectivity index is 1.80. The van der Waals surface area contributed by atoms with Crippen LogP contribution in [0.1, 0.15) is 10.5 Å². The molecule has 0 unspecified atom stereocenters. The first-order valence-electron chi connectivity index (χ1n) is 6.60. The maximum atomic E-state index is 11.8. The summed E-state index contributed by atoms with van der Waals surface area (Å²) in [6.45, 7) is 0.513. The molecule has 1 amide bonds. The molecular weight excluding hydrogens is 318 g/mol. The number of nitrogens with one attached hydrogen (secondary N) is 1. The molecule has 112 valence electrons. The van der Waals surface area contributed by atoms with E-state index in [1.54, 1.807) is 11.6 Å². The first-order chi connectivity index (χ1) is 10.8. The van der Waals surface area contributed by atoms with Gasteiger partial charge in [0.1, 0.15) is 16.4 Å². The number of carbonyl (C=O) groups excluding carboxylic acids is 1. The number of hydrogen-bond acceptors (Lipinski definition) is 6. The van der Waals surface area contributed by atoms with Gasteiger partial charge in [-0.15, -0.1) is 16.4 Å². The topological polar surface area (TPSA) is 72.7 Å². The average Bonchev–Trinajstić information content (AvgIpc) is 3.22. The van der Waals surface area contributed by atoms with Crippen LogP contribution in [0.2, 0.25) is 0 Å². The van der Waals surface area contributed by atoms with Crippen LogP contribution >= 0.6 is 24.0 Å². The molecule has 3 rings (SSSR count). The molecule has 0 fully saturated rings. The van der Waals surface area contributed by atoms with E-state index in [9.17, 15) is 4.79 Å². The summed E-state index contributed by atoms with van der Waals surface area (Å²) in [4.78, 5) is 17.7. The zero-order chi connectivity index (χ0) is 15.4. The second-order valence-corrected chi connectivity index (χ2v) is 5.68. The molecule has 1 aromatic carbocycles. The van der Waals surface area contributed by atoms with Crippen molar-refractivity contribution in [3.8, 4) is 16.4 Å². The maximum Gasteiger partial charge on any atom is 0.270 e. The number of rotatable bonds is 5. The normalized spacial score (nSPS) is 10.6. The van der Waals surface area contributed by atoms with Gasteiger partial charge in [0.25, 0.3) is 5.91 Å². The third-order valence-electron chi connectivity index (χ3n) is 2.83. The van der Waals surface area contributed by atoms with Crippen LogP contribution < -0.4 is 5.32 Å². The van der Waals surface area contributed by atoms with Crippen molar-refractivity contribution in [3.63, 3.8) is 0 Å². The van der Waals surface area contributed by atoms with E-state index in [1.165, 1.54) is 16.1 Å². The highest BCUT2D eigenvalue weighted by Crippen LogP contribution is 2.21. The summed E-state index contributed by atoms with van der Waals surface area (Å²) in [5.41, 5.74) is 1.90. The van der Waals surface area contributed by atoms with Crippen molar-refractivity contribution in [2.24, 2.45) is 0 Å². The summed E-state index contributed by atoms with van der Waals surface area (Å²) in [5, 5.41) is 13.7. The Hall–Kier alpha value is -2.19. The molecule has 1 N–H and O–H groups in total. The van der Waals surface area contributed by atoms with Crippen molar-refractivity contribution in [2.45, 2.75) is 0 Å². The van der Waals surface area contributed by atoms with Crippen molar-refractivity contribution in [3.05, 3.63) is 47.6 Å². The number of benzene rings is 1. The van der Waals surface area contributed by atoms with Gasteiger partial charge >= 0.3 is 0 Å². The Bertz CT molecular complexity index is 768. The molecule has 0 aliphatic heterocycles.